The van der Waals surface area contributed by atoms with Gasteiger partial charge in [-0.3, -0.25) is 9.78 Å². The van der Waals surface area contributed by atoms with Gasteiger partial charge in [-0.15, -0.1) is 0 Å². The first-order valence-corrected chi connectivity index (χ1v) is 8.24. The van der Waals surface area contributed by atoms with Crippen LogP contribution in [-0.4, -0.2) is 41.9 Å². The number of pyridine rings is 1. The van der Waals surface area contributed by atoms with Crippen LogP contribution in [0.4, 0.5) is 0 Å². The van der Waals surface area contributed by atoms with E-state index in [0.29, 0.717) is 19.4 Å². The summed E-state index contributed by atoms with van der Waals surface area (Å²) in [6.45, 7) is 2.11. The minimum atomic E-state index is -3.70. The van der Waals surface area contributed by atoms with Crippen LogP contribution in [0.25, 0.3) is 0 Å². The summed E-state index contributed by atoms with van der Waals surface area (Å²) in [6.07, 6.45) is 4.27. The topological polar surface area (TPSA) is 99.6 Å². The molecule has 1 saturated heterocycles. The predicted molar refractivity (Wildman–Crippen MR) is 76.6 cm³/mol. The molecule has 1 aliphatic heterocycles. The van der Waals surface area contributed by atoms with E-state index >= 15 is 0 Å². The van der Waals surface area contributed by atoms with Crippen LogP contribution in [-0.2, 0) is 15.0 Å². The zero-order valence-corrected chi connectivity index (χ0v) is 12.6. The highest BCUT2D eigenvalue weighted by molar-refractivity contribution is 7.87. The van der Waals surface area contributed by atoms with Crippen molar-refractivity contribution in [2.45, 2.75) is 25.8 Å². The van der Waals surface area contributed by atoms with Gasteiger partial charge < -0.3 is 5.11 Å². The Hall–Kier alpha value is -1.51. The molecular formula is C13H19N3O4S. The van der Waals surface area contributed by atoms with Crippen molar-refractivity contribution in [3.63, 3.8) is 0 Å². The van der Waals surface area contributed by atoms with Crippen LogP contribution in [0.3, 0.4) is 0 Å². The molecule has 0 radical (unpaired) electrons. The van der Waals surface area contributed by atoms with Gasteiger partial charge in [0.1, 0.15) is 0 Å². The van der Waals surface area contributed by atoms with Crippen LogP contribution in [0.2, 0.25) is 0 Å². The third-order valence-electron chi connectivity index (χ3n) is 3.61. The smallest absolute Gasteiger partial charge is 0.307 e. The Morgan fingerprint density at radius 1 is 1.48 bits per heavy atom. The summed E-state index contributed by atoms with van der Waals surface area (Å²) in [5.41, 5.74) is 0.806. The first kappa shape index (κ1) is 15.9. The molecule has 2 heterocycles. The highest BCUT2D eigenvalue weighted by Gasteiger charge is 2.32. The fraction of sp³-hybridized carbons (Fsp3) is 0.538. The summed E-state index contributed by atoms with van der Waals surface area (Å²) < 4.78 is 28.5. The fourth-order valence-electron chi connectivity index (χ4n) is 2.38. The van der Waals surface area contributed by atoms with Gasteiger partial charge in [0.05, 0.1) is 5.92 Å². The SMILES string of the molecule is CC(NS(=O)(=O)N1CCCC(C(=O)O)C1)c1ccncc1. The lowest BCUT2D eigenvalue weighted by atomic mass is 10.0. The molecule has 21 heavy (non-hydrogen) atoms. The summed E-state index contributed by atoms with van der Waals surface area (Å²) in [5, 5.41) is 9.03. The maximum atomic E-state index is 12.3. The van der Waals surface area contributed by atoms with E-state index in [2.05, 4.69) is 9.71 Å². The van der Waals surface area contributed by atoms with Crippen LogP contribution in [0.15, 0.2) is 24.5 Å². The van der Waals surface area contributed by atoms with E-state index in [1.165, 1.54) is 4.31 Å². The van der Waals surface area contributed by atoms with Crippen LogP contribution in [0, 0.1) is 5.92 Å². The minimum absolute atomic E-state index is 0.0216. The number of rotatable bonds is 5. The van der Waals surface area contributed by atoms with E-state index in [0.717, 1.165) is 5.56 Å². The highest BCUT2D eigenvalue weighted by Crippen LogP contribution is 2.20. The molecule has 0 saturated carbocycles. The number of carboxylic acid groups (broad SMARTS) is 1. The molecule has 0 amide bonds. The zero-order chi connectivity index (χ0) is 15.5. The minimum Gasteiger partial charge on any atom is -0.481 e. The highest BCUT2D eigenvalue weighted by atomic mass is 32.2. The number of aliphatic carboxylic acids is 1. The van der Waals surface area contributed by atoms with Gasteiger partial charge >= 0.3 is 5.97 Å². The molecule has 0 aliphatic carbocycles. The van der Waals surface area contributed by atoms with Gasteiger partial charge in [-0.05, 0) is 37.5 Å². The molecule has 0 bridgehead atoms. The molecule has 1 aromatic rings. The van der Waals surface area contributed by atoms with Crippen molar-refractivity contribution in [2.75, 3.05) is 13.1 Å². The van der Waals surface area contributed by atoms with E-state index in [1.807, 2.05) is 0 Å². The molecule has 2 rings (SSSR count). The Morgan fingerprint density at radius 3 is 2.76 bits per heavy atom. The predicted octanol–water partition coefficient (Wildman–Crippen LogP) is 0.774. The van der Waals surface area contributed by atoms with Gasteiger partial charge in [0, 0.05) is 31.5 Å². The van der Waals surface area contributed by atoms with Crippen molar-refractivity contribution < 1.29 is 18.3 Å². The maximum Gasteiger partial charge on any atom is 0.307 e. The van der Waals surface area contributed by atoms with Gasteiger partial charge in [-0.1, -0.05) is 0 Å². The third-order valence-corrected chi connectivity index (χ3v) is 5.27. The Labute approximate surface area is 124 Å². The number of carbonyl (C=O) groups is 1. The summed E-state index contributed by atoms with van der Waals surface area (Å²) in [7, 11) is -3.70. The van der Waals surface area contributed by atoms with Crippen molar-refractivity contribution in [1.29, 1.82) is 0 Å². The quantitative estimate of drug-likeness (QED) is 0.836. The molecule has 1 aromatic heterocycles. The van der Waals surface area contributed by atoms with E-state index in [1.54, 1.807) is 31.5 Å². The lowest BCUT2D eigenvalue weighted by Gasteiger charge is -2.30. The Bertz CT molecular complexity index is 591. The number of hydrogen-bond acceptors (Lipinski definition) is 4. The molecule has 1 aliphatic rings. The van der Waals surface area contributed by atoms with Gasteiger partial charge in [0.15, 0.2) is 0 Å². The van der Waals surface area contributed by atoms with Crippen molar-refractivity contribution >= 4 is 16.2 Å². The summed E-state index contributed by atoms with van der Waals surface area (Å²) in [4.78, 5) is 14.9. The number of nitrogens with zero attached hydrogens (tertiary/aromatic N) is 2. The summed E-state index contributed by atoms with van der Waals surface area (Å²) in [6, 6.07) is 3.08. The molecule has 0 spiro atoms. The second-order valence-electron chi connectivity index (χ2n) is 5.16. The van der Waals surface area contributed by atoms with Crippen molar-refractivity contribution in [3.8, 4) is 0 Å². The molecule has 2 atom stereocenters. The lowest BCUT2D eigenvalue weighted by Crippen LogP contribution is -2.47. The van der Waals surface area contributed by atoms with E-state index < -0.39 is 28.1 Å². The van der Waals surface area contributed by atoms with Gasteiger partial charge in [0.25, 0.3) is 10.2 Å². The van der Waals surface area contributed by atoms with Crippen molar-refractivity contribution in [2.24, 2.45) is 5.92 Å². The van der Waals surface area contributed by atoms with Gasteiger partial charge in [0.2, 0.25) is 0 Å². The van der Waals surface area contributed by atoms with Crippen LogP contribution in [0.1, 0.15) is 31.4 Å². The third kappa shape index (κ3) is 3.99. The normalized spacial score (nSPS) is 21.9. The van der Waals surface area contributed by atoms with Crippen LogP contribution in [0.5, 0.6) is 0 Å². The molecular weight excluding hydrogens is 294 g/mol. The summed E-state index contributed by atoms with van der Waals surface area (Å²) in [5.74, 6) is -1.58. The van der Waals surface area contributed by atoms with Crippen molar-refractivity contribution in [3.05, 3.63) is 30.1 Å². The van der Waals surface area contributed by atoms with Gasteiger partial charge in [-0.25, -0.2) is 0 Å². The summed E-state index contributed by atoms with van der Waals surface area (Å²) >= 11 is 0. The van der Waals surface area contributed by atoms with Crippen LogP contribution < -0.4 is 4.72 Å². The number of nitrogens with one attached hydrogen (secondary N) is 1. The second-order valence-corrected chi connectivity index (χ2v) is 6.86. The monoisotopic (exact) mass is 313 g/mol. The first-order valence-electron chi connectivity index (χ1n) is 6.80. The number of carboxylic acids is 1. The molecule has 0 aromatic carbocycles. The molecule has 1 fully saturated rings. The van der Waals surface area contributed by atoms with Crippen molar-refractivity contribution in [1.82, 2.24) is 14.0 Å². The lowest BCUT2D eigenvalue weighted by molar-refractivity contribution is -0.142. The largest absolute Gasteiger partial charge is 0.481 e. The van der Waals surface area contributed by atoms with E-state index in [4.69, 9.17) is 5.11 Å². The Kier molecular flexibility index (Phi) is 4.92. The molecule has 116 valence electrons. The Balaban J connectivity index is 2.06. The average Bonchev–Trinajstić information content (AvgIpc) is 2.48. The average molecular weight is 313 g/mol. The number of piperidine rings is 1. The van der Waals surface area contributed by atoms with Gasteiger partial charge in [-0.2, -0.15) is 17.4 Å². The molecule has 2 unspecified atom stereocenters. The number of aromatic nitrogens is 1. The first-order chi connectivity index (χ1) is 9.90. The van der Waals surface area contributed by atoms with E-state index in [-0.39, 0.29) is 6.54 Å². The standard InChI is InChI=1S/C13H19N3O4S/c1-10(11-4-6-14-7-5-11)15-21(19,20)16-8-2-3-12(9-16)13(17)18/h4-7,10,12,15H,2-3,8-9H2,1H3,(H,17,18). The maximum absolute atomic E-state index is 12.3. The second kappa shape index (κ2) is 6.50. The number of hydrogen-bond donors (Lipinski definition) is 2. The molecule has 2 N–H and O–H groups in total. The zero-order valence-electron chi connectivity index (χ0n) is 11.8. The van der Waals surface area contributed by atoms with E-state index in [9.17, 15) is 13.2 Å². The fourth-order valence-corrected chi connectivity index (χ4v) is 3.86. The van der Waals surface area contributed by atoms with Crippen LogP contribution >= 0.6 is 0 Å². The molecule has 8 heteroatoms. The Morgan fingerprint density at radius 2 is 2.14 bits per heavy atom. The molecule has 7 nitrogen and oxygen atoms in total.